The summed E-state index contributed by atoms with van der Waals surface area (Å²) in [6.45, 7) is -2.78. The van der Waals surface area contributed by atoms with Crippen molar-refractivity contribution in [3.8, 4) is 0 Å². The molecule has 0 aliphatic rings. The van der Waals surface area contributed by atoms with E-state index in [-0.39, 0.29) is 5.69 Å². The van der Waals surface area contributed by atoms with Crippen LogP contribution >= 0.6 is 0 Å². The number of hydrogen-bond acceptors (Lipinski definition) is 5. The molecule has 6 nitrogen and oxygen atoms in total. The molecule has 0 spiro atoms. The third-order valence-corrected chi connectivity index (χ3v) is 5.42. The summed E-state index contributed by atoms with van der Waals surface area (Å²) in [6, 6.07) is 3.77. The molecule has 0 bridgehead atoms. The summed E-state index contributed by atoms with van der Waals surface area (Å²) in [5, 5.41) is 9.38. The van der Waals surface area contributed by atoms with Crippen molar-refractivity contribution in [1.29, 1.82) is 0 Å². The number of nitrogen functional groups attached to an aromatic ring is 1. The van der Waals surface area contributed by atoms with Crippen LogP contribution in [0.3, 0.4) is 0 Å². The molecule has 0 radical (unpaired) electrons. The van der Waals surface area contributed by atoms with Crippen LogP contribution in [0.1, 0.15) is 5.56 Å². The molecule has 3 N–H and O–H groups in total. The predicted octanol–water partition coefficient (Wildman–Crippen LogP) is 2.86. The maximum Gasteiger partial charge on any atom is 0.416 e. The molecule has 0 saturated carbocycles. The minimum atomic E-state index is -4.65. The molecule has 0 aliphatic heterocycles. The number of alkyl halides is 6. The molecule has 1 heterocycles. The fourth-order valence-electron chi connectivity index (χ4n) is 2.42. The van der Waals surface area contributed by atoms with Gasteiger partial charge in [0, 0.05) is 6.20 Å². The maximum absolute atomic E-state index is 12.7. The normalized spacial score (nSPS) is 14.2. The van der Waals surface area contributed by atoms with Crippen LogP contribution in [0.5, 0.6) is 0 Å². The maximum atomic E-state index is 12.7. The van der Waals surface area contributed by atoms with Gasteiger partial charge in [0.25, 0.3) is 0 Å². The number of aliphatic hydroxyl groups is 1. The lowest BCUT2D eigenvalue weighted by Crippen LogP contribution is -2.26. The number of ether oxygens (including phenoxy) is 1. The average Bonchev–Trinajstić information content (AvgIpc) is 2.94. The summed E-state index contributed by atoms with van der Waals surface area (Å²) >= 11 is 0. The molecule has 2 aromatic rings. The molecule has 0 amide bonds. The van der Waals surface area contributed by atoms with E-state index in [1.54, 1.807) is 0 Å². The van der Waals surface area contributed by atoms with Crippen LogP contribution in [-0.2, 0) is 27.3 Å². The van der Waals surface area contributed by atoms with Gasteiger partial charge in [-0.15, -0.1) is 0 Å². The molecule has 1 aromatic heterocycles. The van der Waals surface area contributed by atoms with Crippen LogP contribution in [0.4, 0.5) is 32.0 Å². The van der Waals surface area contributed by atoms with Crippen molar-refractivity contribution >= 4 is 15.5 Å². The van der Waals surface area contributed by atoms with E-state index in [2.05, 4.69) is 4.74 Å². The molecule has 29 heavy (non-hydrogen) atoms. The Hall–Kier alpha value is -2.25. The van der Waals surface area contributed by atoms with Gasteiger partial charge in [0.15, 0.2) is 0 Å². The number of sulfone groups is 1. The Morgan fingerprint density at radius 3 is 2.21 bits per heavy atom. The number of benzene rings is 1. The minimum Gasteiger partial charge on any atom is -0.397 e. The highest BCUT2D eigenvalue weighted by Gasteiger charge is 2.32. The Labute approximate surface area is 161 Å². The summed E-state index contributed by atoms with van der Waals surface area (Å²) in [6.07, 6.45) is -9.60. The van der Waals surface area contributed by atoms with E-state index in [9.17, 15) is 39.9 Å². The van der Waals surface area contributed by atoms with Gasteiger partial charge in [-0.05, 0) is 30.3 Å². The van der Waals surface area contributed by atoms with Crippen LogP contribution in [0.15, 0.2) is 46.5 Å². The van der Waals surface area contributed by atoms with Gasteiger partial charge in [-0.1, -0.05) is 0 Å². The average molecular weight is 446 g/mol. The van der Waals surface area contributed by atoms with Crippen LogP contribution < -0.4 is 5.73 Å². The molecule has 2 rings (SSSR count). The van der Waals surface area contributed by atoms with Crippen LogP contribution in [0.25, 0.3) is 0 Å². The largest absolute Gasteiger partial charge is 0.416 e. The smallest absolute Gasteiger partial charge is 0.397 e. The second-order valence-corrected chi connectivity index (χ2v) is 7.97. The fourth-order valence-corrected chi connectivity index (χ4v) is 3.88. The Morgan fingerprint density at radius 1 is 1.10 bits per heavy atom. The van der Waals surface area contributed by atoms with Crippen molar-refractivity contribution in [2.75, 3.05) is 18.9 Å². The first kappa shape index (κ1) is 23.0. The minimum absolute atomic E-state index is 0.0288. The number of hydrogen-bond donors (Lipinski definition) is 2. The molecule has 1 aromatic carbocycles. The lowest BCUT2D eigenvalue weighted by molar-refractivity contribution is -0.179. The quantitative estimate of drug-likeness (QED) is 0.638. The second-order valence-electron chi connectivity index (χ2n) is 6.07. The van der Waals surface area contributed by atoms with Crippen LogP contribution in [-0.4, -0.2) is 43.6 Å². The summed E-state index contributed by atoms with van der Waals surface area (Å²) in [4.78, 5) is -0.451. The summed E-state index contributed by atoms with van der Waals surface area (Å²) in [5.41, 5.74) is 4.51. The molecule has 0 fully saturated rings. The van der Waals surface area contributed by atoms with E-state index in [1.165, 1.54) is 0 Å². The topological polar surface area (TPSA) is 94.6 Å². The lowest BCUT2D eigenvalue weighted by Gasteiger charge is -2.16. The second kappa shape index (κ2) is 8.24. The zero-order valence-electron chi connectivity index (χ0n) is 14.5. The highest BCUT2D eigenvalue weighted by Crippen LogP contribution is 2.31. The number of aromatic nitrogens is 1. The highest BCUT2D eigenvalue weighted by molar-refractivity contribution is 7.91. The zero-order chi connectivity index (χ0) is 22.0. The first-order valence-corrected chi connectivity index (χ1v) is 9.39. The third kappa shape index (κ3) is 6.11. The molecular weight excluding hydrogens is 430 g/mol. The lowest BCUT2D eigenvalue weighted by atomic mass is 10.2. The van der Waals surface area contributed by atoms with Gasteiger partial charge in [-0.25, -0.2) is 8.42 Å². The Kier molecular flexibility index (Phi) is 6.55. The van der Waals surface area contributed by atoms with Gasteiger partial charge in [0.05, 0.1) is 35.4 Å². The fraction of sp³-hybridized carbons (Fsp3) is 0.375. The summed E-state index contributed by atoms with van der Waals surface area (Å²) < 4.78 is 105. The zero-order valence-corrected chi connectivity index (χ0v) is 15.4. The van der Waals surface area contributed by atoms with Crippen LogP contribution in [0.2, 0.25) is 0 Å². The van der Waals surface area contributed by atoms with Gasteiger partial charge < -0.3 is 20.1 Å². The predicted molar refractivity (Wildman–Crippen MR) is 88.6 cm³/mol. The summed E-state index contributed by atoms with van der Waals surface area (Å²) in [7, 11) is -4.32. The molecule has 1 atom stereocenters. The van der Waals surface area contributed by atoms with Crippen molar-refractivity contribution in [3.63, 3.8) is 0 Å². The number of nitrogens with two attached hydrogens (primary N) is 1. The SMILES string of the molecule is Nc1cc(S(=O)(=O)c2ccc(C(F)(F)F)cc2)n(CC(O)COCC(F)(F)F)c1. The van der Waals surface area contributed by atoms with E-state index >= 15 is 0 Å². The van der Waals surface area contributed by atoms with Gasteiger partial charge in [-0.3, -0.25) is 0 Å². The van der Waals surface area contributed by atoms with Gasteiger partial charge >= 0.3 is 12.4 Å². The molecular formula is C16H16F6N2O4S. The van der Waals surface area contributed by atoms with E-state index < -0.39 is 63.5 Å². The van der Waals surface area contributed by atoms with E-state index in [0.717, 1.165) is 29.0 Å². The van der Waals surface area contributed by atoms with Crippen LogP contribution in [0, 0.1) is 0 Å². The molecule has 0 aliphatic carbocycles. The monoisotopic (exact) mass is 446 g/mol. The van der Waals surface area contributed by atoms with Gasteiger partial charge in [0.1, 0.15) is 11.6 Å². The number of nitrogens with zero attached hydrogens (tertiary/aromatic N) is 1. The third-order valence-electron chi connectivity index (χ3n) is 3.63. The standard InChI is InChI=1S/C16H16F6N2O4S/c17-15(18,19)9-28-8-12(25)7-24-6-11(23)5-14(24)29(26,27)13-3-1-10(2-4-13)16(20,21)22/h1-6,12,25H,7-9,23H2. The molecule has 162 valence electrons. The van der Waals surface area contributed by atoms with E-state index in [4.69, 9.17) is 5.73 Å². The number of aliphatic hydroxyl groups excluding tert-OH is 1. The van der Waals surface area contributed by atoms with Gasteiger partial charge in [0.2, 0.25) is 9.84 Å². The van der Waals surface area contributed by atoms with Crippen molar-refractivity contribution in [2.24, 2.45) is 0 Å². The number of anilines is 1. The Balaban J connectivity index is 2.22. The van der Waals surface area contributed by atoms with E-state index in [0.29, 0.717) is 12.1 Å². The van der Waals surface area contributed by atoms with Crippen molar-refractivity contribution in [3.05, 3.63) is 42.1 Å². The Bertz CT molecular complexity index is 936. The first-order valence-electron chi connectivity index (χ1n) is 7.91. The molecule has 0 saturated heterocycles. The summed E-state index contributed by atoms with van der Waals surface area (Å²) in [5.74, 6) is 0. The van der Waals surface area contributed by atoms with Gasteiger partial charge in [-0.2, -0.15) is 26.3 Å². The molecule has 13 heteroatoms. The van der Waals surface area contributed by atoms with E-state index in [1.807, 2.05) is 0 Å². The van der Waals surface area contributed by atoms with Crippen molar-refractivity contribution < 1.29 is 44.6 Å². The van der Waals surface area contributed by atoms with Crippen molar-refractivity contribution in [2.45, 2.75) is 34.9 Å². The molecule has 1 unspecified atom stereocenters. The number of rotatable bonds is 7. The van der Waals surface area contributed by atoms with Crippen molar-refractivity contribution in [1.82, 2.24) is 4.57 Å². The Morgan fingerprint density at radius 2 is 1.69 bits per heavy atom. The number of halogens is 6. The highest BCUT2D eigenvalue weighted by atomic mass is 32.2. The first-order chi connectivity index (χ1) is 13.2.